The number of nitrogens with one attached hydrogen (secondary N) is 1. The Labute approximate surface area is 151 Å². The van der Waals surface area contributed by atoms with Crippen LogP contribution in [0.15, 0.2) is 77.8 Å². The first kappa shape index (κ1) is 18.0. The SMILES string of the molecule is O=S(=O)(NCc1cccc(OCc2ccccn2)c1)c1ccccc1F. The van der Waals surface area contributed by atoms with Gasteiger partial charge < -0.3 is 4.74 Å². The molecule has 0 atom stereocenters. The average molecular weight is 372 g/mol. The molecule has 0 saturated heterocycles. The molecule has 0 aliphatic carbocycles. The third kappa shape index (κ3) is 4.65. The Hall–Kier alpha value is -2.77. The fourth-order valence-electron chi connectivity index (χ4n) is 2.30. The van der Waals surface area contributed by atoms with Crippen LogP contribution in [0.3, 0.4) is 0 Å². The molecule has 0 saturated carbocycles. The van der Waals surface area contributed by atoms with Gasteiger partial charge in [-0.25, -0.2) is 17.5 Å². The maximum absolute atomic E-state index is 13.7. The van der Waals surface area contributed by atoms with Crippen LogP contribution in [0.5, 0.6) is 5.75 Å². The molecule has 2 aromatic carbocycles. The minimum atomic E-state index is -3.93. The van der Waals surface area contributed by atoms with Crippen LogP contribution >= 0.6 is 0 Å². The summed E-state index contributed by atoms with van der Waals surface area (Å²) in [7, 11) is -3.93. The molecule has 1 N–H and O–H groups in total. The minimum Gasteiger partial charge on any atom is -0.487 e. The number of nitrogens with zero attached hydrogens (tertiary/aromatic N) is 1. The first-order valence-electron chi connectivity index (χ1n) is 7.90. The number of hydrogen-bond acceptors (Lipinski definition) is 4. The fourth-order valence-corrected chi connectivity index (χ4v) is 3.40. The van der Waals surface area contributed by atoms with Crippen LogP contribution in [0.2, 0.25) is 0 Å². The number of pyridine rings is 1. The summed E-state index contributed by atoms with van der Waals surface area (Å²) in [6, 6.07) is 17.8. The molecule has 0 fully saturated rings. The summed E-state index contributed by atoms with van der Waals surface area (Å²) in [6.07, 6.45) is 1.69. The Kier molecular flexibility index (Phi) is 5.60. The smallest absolute Gasteiger partial charge is 0.243 e. The normalized spacial score (nSPS) is 11.3. The predicted molar refractivity (Wildman–Crippen MR) is 95.4 cm³/mol. The van der Waals surface area contributed by atoms with E-state index < -0.39 is 15.8 Å². The van der Waals surface area contributed by atoms with Crippen molar-refractivity contribution in [2.75, 3.05) is 0 Å². The van der Waals surface area contributed by atoms with Crippen LogP contribution in [-0.4, -0.2) is 13.4 Å². The van der Waals surface area contributed by atoms with E-state index in [0.717, 1.165) is 11.8 Å². The van der Waals surface area contributed by atoms with Crippen molar-refractivity contribution < 1.29 is 17.5 Å². The van der Waals surface area contributed by atoms with Crippen molar-refractivity contribution in [1.29, 1.82) is 0 Å². The molecule has 0 bridgehead atoms. The highest BCUT2D eigenvalue weighted by Gasteiger charge is 2.17. The third-order valence-electron chi connectivity index (χ3n) is 3.60. The number of benzene rings is 2. The summed E-state index contributed by atoms with van der Waals surface area (Å²) >= 11 is 0. The van der Waals surface area contributed by atoms with Crippen molar-refractivity contribution in [3.8, 4) is 5.75 Å². The van der Waals surface area contributed by atoms with E-state index in [1.54, 1.807) is 30.5 Å². The van der Waals surface area contributed by atoms with Crippen molar-refractivity contribution in [2.45, 2.75) is 18.0 Å². The molecule has 0 unspecified atom stereocenters. The van der Waals surface area contributed by atoms with Gasteiger partial charge in [-0.1, -0.05) is 30.3 Å². The zero-order valence-corrected chi connectivity index (χ0v) is 14.6. The molecular formula is C19H17FN2O3S. The zero-order valence-electron chi connectivity index (χ0n) is 13.8. The van der Waals surface area contributed by atoms with Crippen LogP contribution in [0.25, 0.3) is 0 Å². The molecule has 7 heteroatoms. The van der Waals surface area contributed by atoms with Gasteiger partial charge in [0.1, 0.15) is 23.1 Å². The molecule has 0 aliphatic rings. The van der Waals surface area contributed by atoms with Crippen molar-refractivity contribution in [2.24, 2.45) is 0 Å². The molecule has 134 valence electrons. The maximum atomic E-state index is 13.7. The lowest BCUT2D eigenvalue weighted by Gasteiger charge is -2.10. The van der Waals surface area contributed by atoms with E-state index in [9.17, 15) is 12.8 Å². The zero-order chi connectivity index (χ0) is 18.4. The molecular weight excluding hydrogens is 355 g/mol. The summed E-state index contributed by atoms with van der Waals surface area (Å²) in [4.78, 5) is 3.80. The largest absolute Gasteiger partial charge is 0.487 e. The lowest BCUT2D eigenvalue weighted by atomic mass is 10.2. The number of aromatic nitrogens is 1. The molecule has 3 aromatic rings. The fraction of sp³-hybridized carbons (Fsp3) is 0.105. The second-order valence-electron chi connectivity index (χ2n) is 5.51. The quantitative estimate of drug-likeness (QED) is 0.691. The van der Waals surface area contributed by atoms with Crippen molar-refractivity contribution in [3.05, 3.63) is 90.0 Å². The van der Waals surface area contributed by atoms with Crippen LogP contribution in [0.1, 0.15) is 11.3 Å². The Balaban J connectivity index is 1.64. The predicted octanol–water partition coefficient (Wildman–Crippen LogP) is 3.28. The van der Waals surface area contributed by atoms with Gasteiger partial charge in [-0.15, -0.1) is 0 Å². The minimum absolute atomic E-state index is 0.0253. The van der Waals surface area contributed by atoms with E-state index in [4.69, 9.17) is 4.74 Å². The topological polar surface area (TPSA) is 68.3 Å². The second-order valence-corrected chi connectivity index (χ2v) is 7.25. The molecule has 0 aliphatic heterocycles. The second kappa shape index (κ2) is 8.07. The highest BCUT2D eigenvalue weighted by Crippen LogP contribution is 2.17. The molecule has 0 radical (unpaired) electrons. The van der Waals surface area contributed by atoms with Crippen molar-refractivity contribution in [1.82, 2.24) is 9.71 Å². The monoisotopic (exact) mass is 372 g/mol. The Morgan fingerprint density at radius 3 is 2.58 bits per heavy atom. The first-order chi connectivity index (χ1) is 12.5. The Morgan fingerprint density at radius 2 is 1.81 bits per heavy atom. The van der Waals surface area contributed by atoms with Gasteiger partial charge >= 0.3 is 0 Å². The van der Waals surface area contributed by atoms with Gasteiger partial charge in [0.15, 0.2) is 0 Å². The molecule has 0 amide bonds. The summed E-state index contributed by atoms with van der Waals surface area (Å²) in [5.74, 6) is -0.189. The van der Waals surface area contributed by atoms with Gasteiger partial charge in [-0.2, -0.15) is 0 Å². The van der Waals surface area contributed by atoms with E-state index >= 15 is 0 Å². The molecule has 3 rings (SSSR count). The van der Waals surface area contributed by atoms with Crippen LogP contribution in [-0.2, 0) is 23.2 Å². The third-order valence-corrected chi connectivity index (χ3v) is 5.04. The molecule has 5 nitrogen and oxygen atoms in total. The summed E-state index contributed by atoms with van der Waals surface area (Å²) in [5.41, 5.74) is 1.49. The lowest BCUT2D eigenvalue weighted by Crippen LogP contribution is -2.24. The number of sulfonamides is 1. The van der Waals surface area contributed by atoms with Crippen LogP contribution in [0.4, 0.5) is 4.39 Å². The molecule has 1 aromatic heterocycles. The number of hydrogen-bond donors (Lipinski definition) is 1. The van der Waals surface area contributed by atoms with Gasteiger partial charge in [-0.3, -0.25) is 4.98 Å². The van der Waals surface area contributed by atoms with Gasteiger partial charge in [0.05, 0.1) is 5.69 Å². The van der Waals surface area contributed by atoms with E-state index in [2.05, 4.69) is 9.71 Å². The van der Waals surface area contributed by atoms with Gasteiger partial charge in [0.2, 0.25) is 10.0 Å². The first-order valence-corrected chi connectivity index (χ1v) is 9.39. The highest BCUT2D eigenvalue weighted by molar-refractivity contribution is 7.89. The van der Waals surface area contributed by atoms with Crippen LogP contribution < -0.4 is 9.46 Å². The number of ether oxygens (including phenoxy) is 1. The Morgan fingerprint density at radius 1 is 1.00 bits per heavy atom. The van der Waals surface area contributed by atoms with Crippen LogP contribution in [0, 0.1) is 5.82 Å². The standard InChI is InChI=1S/C19H17FN2O3S/c20-18-9-1-2-10-19(18)26(23,24)22-13-15-6-5-8-17(12-15)25-14-16-7-3-4-11-21-16/h1-12,22H,13-14H2. The van der Waals surface area contributed by atoms with Gasteiger partial charge in [0, 0.05) is 12.7 Å². The number of halogens is 1. The molecule has 0 spiro atoms. The van der Waals surface area contributed by atoms with Gasteiger partial charge in [0.25, 0.3) is 0 Å². The summed E-state index contributed by atoms with van der Waals surface area (Å²) in [6.45, 7) is 0.336. The Bertz CT molecular complexity index is 979. The average Bonchev–Trinajstić information content (AvgIpc) is 2.66. The lowest BCUT2D eigenvalue weighted by molar-refractivity contribution is 0.301. The summed E-state index contributed by atoms with van der Waals surface area (Å²) in [5, 5.41) is 0. The van der Waals surface area contributed by atoms with E-state index in [-0.39, 0.29) is 11.4 Å². The summed E-state index contributed by atoms with van der Waals surface area (Å²) < 4.78 is 46.2. The molecule has 26 heavy (non-hydrogen) atoms. The molecule has 1 heterocycles. The number of rotatable bonds is 7. The van der Waals surface area contributed by atoms with Gasteiger partial charge in [-0.05, 0) is 42.0 Å². The van der Waals surface area contributed by atoms with E-state index in [1.807, 2.05) is 18.2 Å². The highest BCUT2D eigenvalue weighted by atomic mass is 32.2. The van der Waals surface area contributed by atoms with Crippen molar-refractivity contribution >= 4 is 10.0 Å². The van der Waals surface area contributed by atoms with E-state index in [1.165, 1.54) is 18.2 Å². The van der Waals surface area contributed by atoms with Crippen molar-refractivity contribution in [3.63, 3.8) is 0 Å². The maximum Gasteiger partial charge on any atom is 0.243 e. The van der Waals surface area contributed by atoms with E-state index in [0.29, 0.717) is 17.9 Å².